The molecule has 0 aliphatic rings. The third-order valence-electron chi connectivity index (χ3n) is 5.29. The minimum atomic E-state index is 0.314. The maximum absolute atomic E-state index is 10.0. The van der Waals surface area contributed by atoms with E-state index in [1.54, 1.807) is 0 Å². The summed E-state index contributed by atoms with van der Waals surface area (Å²) in [6, 6.07) is 14.5. The minimum Gasteiger partial charge on any atom is -0.325 e. The number of benzene rings is 2. The number of hydrogen-bond donors (Lipinski definition) is 2. The lowest BCUT2D eigenvalue weighted by molar-refractivity contribution is 0.583. The smallest absolute Gasteiger partial charge is 0.194 e. The van der Waals surface area contributed by atoms with Crippen molar-refractivity contribution in [3.05, 3.63) is 65.0 Å². The van der Waals surface area contributed by atoms with Crippen molar-refractivity contribution in [1.29, 1.82) is 0 Å². The van der Waals surface area contributed by atoms with E-state index in [9.17, 15) is 4.55 Å². The van der Waals surface area contributed by atoms with Gasteiger partial charge in [-0.1, -0.05) is 50.2 Å². The summed E-state index contributed by atoms with van der Waals surface area (Å²) >= 11 is 2.21. The van der Waals surface area contributed by atoms with Gasteiger partial charge >= 0.3 is 0 Å². The largest absolute Gasteiger partial charge is 0.325 e. The molecule has 0 spiro atoms. The third-order valence-corrected chi connectivity index (χ3v) is 6.91. The van der Waals surface area contributed by atoms with Crippen molar-refractivity contribution in [2.24, 2.45) is 0 Å². The molecule has 2 N–H and O–H groups in total. The fourth-order valence-corrected chi connectivity index (χ4v) is 5.18. The lowest BCUT2D eigenvalue weighted by Gasteiger charge is -2.18. The summed E-state index contributed by atoms with van der Waals surface area (Å²) in [5, 5.41) is 16.2. The van der Waals surface area contributed by atoms with E-state index in [2.05, 4.69) is 57.5 Å². The SMILES string of the molecule is Cc1cc(C)nc(Sc2nnc(-c3ccc(C)c(SO)c3CNC(C)C)c3ccccc23)n1. The Morgan fingerprint density at radius 3 is 2.30 bits per heavy atom. The zero-order valence-corrected chi connectivity index (χ0v) is 21.0. The molecule has 0 saturated heterocycles. The van der Waals surface area contributed by atoms with Crippen LogP contribution in [-0.2, 0) is 6.54 Å². The van der Waals surface area contributed by atoms with Crippen LogP contribution in [0.4, 0.5) is 0 Å². The molecule has 0 radical (unpaired) electrons. The van der Waals surface area contributed by atoms with E-state index in [-0.39, 0.29) is 0 Å². The van der Waals surface area contributed by atoms with Crippen molar-refractivity contribution in [3.63, 3.8) is 0 Å². The molecule has 0 unspecified atom stereocenters. The van der Waals surface area contributed by atoms with E-state index in [4.69, 9.17) is 0 Å². The van der Waals surface area contributed by atoms with Gasteiger partial charge in [-0.2, -0.15) is 0 Å². The Kier molecular flexibility index (Phi) is 7.29. The summed E-state index contributed by atoms with van der Waals surface area (Å²) in [5.41, 5.74) is 5.67. The zero-order chi connectivity index (χ0) is 23.5. The van der Waals surface area contributed by atoms with Crippen molar-refractivity contribution in [2.45, 2.75) is 62.3 Å². The first kappa shape index (κ1) is 23.6. The number of nitrogens with zero attached hydrogens (tertiary/aromatic N) is 4. The van der Waals surface area contributed by atoms with E-state index in [1.807, 2.05) is 45.0 Å². The fourth-order valence-electron chi connectivity index (χ4n) is 3.75. The molecular formula is C25H27N5OS2. The predicted octanol–water partition coefficient (Wildman–Crippen LogP) is 6.23. The number of rotatable bonds is 7. The molecule has 8 heteroatoms. The second-order valence-corrected chi connectivity index (χ2v) is 9.85. The Morgan fingerprint density at radius 2 is 1.64 bits per heavy atom. The molecule has 4 rings (SSSR count). The van der Waals surface area contributed by atoms with Crippen LogP contribution in [0.3, 0.4) is 0 Å². The van der Waals surface area contributed by atoms with E-state index in [0.717, 1.165) is 66.5 Å². The van der Waals surface area contributed by atoms with Crippen molar-refractivity contribution < 1.29 is 4.55 Å². The number of hydrogen-bond acceptors (Lipinski definition) is 8. The summed E-state index contributed by atoms with van der Waals surface area (Å²) in [6.45, 7) is 10.8. The predicted molar refractivity (Wildman–Crippen MR) is 136 cm³/mol. The monoisotopic (exact) mass is 477 g/mol. The van der Waals surface area contributed by atoms with Gasteiger partial charge in [-0.25, -0.2) is 9.97 Å². The number of fused-ring (bicyclic) bond motifs is 1. The summed E-state index contributed by atoms with van der Waals surface area (Å²) in [7, 11) is 0. The molecule has 33 heavy (non-hydrogen) atoms. The Bertz CT molecular complexity index is 1290. The maximum atomic E-state index is 10.0. The van der Waals surface area contributed by atoms with Crippen LogP contribution in [0.25, 0.3) is 22.0 Å². The van der Waals surface area contributed by atoms with E-state index in [0.29, 0.717) is 17.7 Å². The lowest BCUT2D eigenvalue weighted by Crippen LogP contribution is -2.23. The molecule has 6 nitrogen and oxygen atoms in total. The van der Waals surface area contributed by atoms with Gasteiger partial charge in [-0.05, 0) is 49.7 Å². The van der Waals surface area contributed by atoms with Gasteiger partial charge in [0.05, 0.1) is 0 Å². The second kappa shape index (κ2) is 10.2. The molecule has 170 valence electrons. The van der Waals surface area contributed by atoms with Crippen molar-refractivity contribution >= 4 is 34.6 Å². The highest BCUT2D eigenvalue weighted by Crippen LogP contribution is 2.38. The van der Waals surface area contributed by atoms with Crippen LogP contribution in [-0.4, -0.2) is 30.8 Å². The highest BCUT2D eigenvalue weighted by molar-refractivity contribution is 7.99. The fraction of sp³-hybridized carbons (Fsp3) is 0.280. The van der Waals surface area contributed by atoms with Gasteiger partial charge in [-0.3, -0.25) is 0 Å². The summed E-state index contributed by atoms with van der Waals surface area (Å²) in [6.07, 6.45) is 0. The van der Waals surface area contributed by atoms with Crippen molar-refractivity contribution in [1.82, 2.24) is 25.5 Å². The van der Waals surface area contributed by atoms with Crippen molar-refractivity contribution in [3.8, 4) is 11.3 Å². The zero-order valence-electron chi connectivity index (χ0n) is 19.4. The third kappa shape index (κ3) is 5.19. The normalized spacial score (nSPS) is 11.5. The Balaban J connectivity index is 1.86. The van der Waals surface area contributed by atoms with Gasteiger partial charge < -0.3 is 9.87 Å². The molecule has 2 aromatic heterocycles. The van der Waals surface area contributed by atoms with Gasteiger partial charge in [0.15, 0.2) is 5.16 Å². The van der Waals surface area contributed by atoms with Gasteiger partial charge in [0.25, 0.3) is 0 Å². The highest BCUT2D eigenvalue weighted by Gasteiger charge is 2.19. The topological polar surface area (TPSA) is 83.8 Å². The minimum absolute atomic E-state index is 0.314. The number of aryl methyl sites for hydroxylation is 3. The molecular weight excluding hydrogens is 450 g/mol. The first-order chi connectivity index (χ1) is 15.9. The Labute approximate surface area is 202 Å². The number of aromatic nitrogens is 4. The average molecular weight is 478 g/mol. The molecule has 4 aromatic rings. The van der Waals surface area contributed by atoms with Crippen LogP contribution < -0.4 is 5.32 Å². The van der Waals surface area contributed by atoms with Crippen LogP contribution >= 0.6 is 23.8 Å². The summed E-state index contributed by atoms with van der Waals surface area (Å²) in [4.78, 5) is 9.95. The lowest BCUT2D eigenvalue weighted by atomic mass is 9.98. The van der Waals surface area contributed by atoms with Crippen LogP contribution in [0.5, 0.6) is 0 Å². The van der Waals surface area contributed by atoms with E-state index < -0.39 is 0 Å². The van der Waals surface area contributed by atoms with Gasteiger partial charge in [-0.15, -0.1) is 10.2 Å². The van der Waals surface area contributed by atoms with Gasteiger partial charge in [0.2, 0.25) is 0 Å². The highest BCUT2D eigenvalue weighted by atomic mass is 32.2. The molecule has 0 fully saturated rings. The molecule has 0 aliphatic carbocycles. The van der Waals surface area contributed by atoms with Crippen LogP contribution in [0.1, 0.15) is 36.4 Å². The standard InChI is InChI=1S/C25H27N5OS2/c1-14(2)26-13-21-19(11-10-15(3)23(21)33-31)22-18-8-6-7-9-20(18)24(30-29-22)32-25-27-16(4)12-17(5)28-25/h6-12,14,26,31H,13H2,1-5H3. The van der Waals surface area contributed by atoms with E-state index in [1.165, 1.54) is 11.8 Å². The molecule has 0 saturated carbocycles. The van der Waals surface area contributed by atoms with Gasteiger partial charge in [0, 0.05) is 57.2 Å². The maximum Gasteiger partial charge on any atom is 0.194 e. The molecule has 0 atom stereocenters. The van der Waals surface area contributed by atoms with E-state index >= 15 is 0 Å². The molecule has 0 aliphatic heterocycles. The quantitative estimate of drug-likeness (QED) is 0.239. The molecule has 0 amide bonds. The van der Waals surface area contributed by atoms with Crippen LogP contribution in [0, 0.1) is 20.8 Å². The summed E-state index contributed by atoms with van der Waals surface area (Å²) in [5.74, 6) is 0. The molecule has 2 heterocycles. The molecule has 0 bridgehead atoms. The van der Waals surface area contributed by atoms with Crippen molar-refractivity contribution in [2.75, 3.05) is 0 Å². The Hall–Kier alpha value is -2.52. The van der Waals surface area contributed by atoms with Gasteiger partial charge in [0.1, 0.15) is 10.7 Å². The Morgan fingerprint density at radius 1 is 0.939 bits per heavy atom. The molecule has 2 aromatic carbocycles. The first-order valence-electron chi connectivity index (χ1n) is 10.8. The first-order valence-corrected chi connectivity index (χ1v) is 12.4. The summed E-state index contributed by atoms with van der Waals surface area (Å²) < 4.78 is 10.0. The second-order valence-electron chi connectivity index (χ2n) is 8.30. The average Bonchev–Trinajstić information content (AvgIpc) is 2.77. The van der Waals surface area contributed by atoms with Crippen LogP contribution in [0.15, 0.2) is 57.5 Å². The number of nitrogens with one attached hydrogen (secondary N) is 1. The van der Waals surface area contributed by atoms with Crippen LogP contribution in [0.2, 0.25) is 0 Å².